The van der Waals surface area contributed by atoms with E-state index in [9.17, 15) is 5.11 Å². The van der Waals surface area contributed by atoms with Crippen LogP contribution >= 0.6 is 0 Å². The van der Waals surface area contributed by atoms with Gasteiger partial charge in [0, 0.05) is 29.2 Å². The Bertz CT molecular complexity index is 864. The zero-order valence-corrected chi connectivity index (χ0v) is 11.5. The fourth-order valence-corrected chi connectivity index (χ4v) is 3.20. The average molecular weight is 277 g/mol. The van der Waals surface area contributed by atoms with Crippen molar-refractivity contribution < 1.29 is 5.11 Å². The fourth-order valence-electron chi connectivity index (χ4n) is 3.20. The van der Waals surface area contributed by atoms with Crippen LogP contribution in [0.25, 0.3) is 11.6 Å². The van der Waals surface area contributed by atoms with Crippen molar-refractivity contribution in [1.82, 2.24) is 14.4 Å². The van der Waals surface area contributed by atoms with Crippen LogP contribution in [0.15, 0.2) is 49.2 Å². The second-order valence-corrected chi connectivity index (χ2v) is 5.24. The molecule has 1 aliphatic rings. The molecule has 104 valence electrons. The van der Waals surface area contributed by atoms with Crippen molar-refractivity contribution in [3.8, 4) is 0 Å². The van der Waals surface area contributed by atoms with E-state index in [2.05, 4.69) is 32.6 Å². The van der Waals surface area contributed by atoms with Crippen LogP contribution in [0, 0.1) is 0 Å². The third-order valence-corrected chi connectivity index (χ3v) is 4.15. The van der Waals surface area contributed by atoms with Crippen molar-refractivity contribution in [2.45, 2.75) is 12.3 Å². The van der Waals surface area contributed by atoms with E-state index >= 15 is 0 Å². The molecule has 21 heavy (non-hydrogen) atoms. The lowest BCUT2D eigenvalue weighted by Gasteiger charge is -2.17. The van der Waals surface area contributed by atoms with Gasteiger partial charge in [0.2, 0.25) is 0 Å². The van der Waals surface area contributed by atoms with Gasteiger partial charge in [-0.05, 0) is 29.7 Å². The number of nitrogens with zero attached hydrogens (tertiary/aromatic N) is 3. The summed E-state index contributed by atoms with van der Waals surface area (Å²) in [7, 11) is 0. The predicted octanol–water partition coefficient (Wildman–Crippen LogP) is 1.47. The van der Waals surface area contributed by atoms with Crippen LogP contribution in [0.5, 0.6) is 0 Å². The van der Waals surface area contributed by atoms with Crippen LogP contribution in [0.3, 0.4) is 0 Å². The first-order chi connectivity index (χ1) is 10.4. The van der Waals surface area contributed by atoms with Crippen molar-refractivity contribution >= 4 is 11.6 Å². The highest BCUT2D eigenvalue weighted by Gasteiger charge is 2.23. The lowest BCUT2D eigenvalue weighted by atomic mass is 9.92. The summed E-state index contributed by atoms with van der Waals surface area (Å²) in [6, 6.07) is 3.93. The molecule has 1 unspecified atom stereocenters. The molecule has 1 atom stereocenters. The largest absolute Gasteiger partial charge is 0.395 e. The Morgan fingerprint density at radius 3 is 2.90 bits per heavy atom. The lowest BCUT2D eigenvalue weighted by Crippen LogP contribution is -2.14. The van der Waals surface area contributed by atoms with E-state index in [-0.39, 0.29) is 12.5 Å². The number of hydrogen-bond acceptors (Lipinski definition) is 3. The molecule has 4 nitrogen and oxygen atoms in total. The summed E-state index contributed by atoms with van der Waals surface area (Å²) in [6.45, 7) is 0.0669. The Morgan fingerprint density at radius 2 is 2.10 bits per heavy atom. The molecule has 0 fully saturated rings. The lowest BCUT2D eigenvalue weighted by molar-refractivity contribution is 0.278. The second-order valence-electron chi connectivity index (χ2n) is 5.24. The first kappa shape index (κ1) is 12.3. The number of allylic oxidation sites excluding steroid dienone is 2. The fraction of sp³-hybridized carbons (Fsp3) is 0.176. The Labute approximate surface area is 122 Å². The number of aromatic nitrogens is 3. The quantitative estimate of drug-likeness (QED) is 0.788. The number of imidazole rings is 1. The van der Waals surface area contributed by atoms with Gasteiger partial charge in [-0.2, -0.15) is 0 Å². The second kappa shape index (κ2) is 4.82. The van der Waals surface area contributed by atoms with E-state index in [1.165, 1.54) is 10.8 Å². The van der Waals surface area contributed by atoms with Gasteiger partial charge in [-0.1, -0.05) is 18.2 Å². The maximum Gasteiger partial charge on any atom is 0.0994 e. The number of hydrogen-bond donors (Lipinski definition) is 1. The van der Waals surface area contributed by atoms with E-state index in [1.807, 2.05) is 24.7 Å². The minimum Gasteiger partial charge on any atom is -0.395 e. The highest BCUT2D eigenvalue weighted by Crippen LogP contribution is 2.28. The molecule has 0 saturated heterocycles. The van der Waals surface area contributed by atoms with Gasteiger partial charge in [0.1, 0.15) is 0 Å². The summed E-state index contributed by atoms with van der Waals surface area (Å²) in [4.78, 5) is 8.33. The van der Waals surface area contributed by atoms with Gasteiger partial charge in [-0.25, -0.2) is 4.98 Å². The van der Waals surface area contributed by atoms with Crippen LogP contribution in [-0.4, -0.2) is 26.1 Å². The van der Waals surface area contributed by atoms with E-state index in [1.54, 1.807) is 12.4 Å². The van der Waals surface area contributed by atoms with E-state index in [4.69, 9.17) is 0 Å². The molecule has 0 bridgehead atoms. The number of rotatable bonds is 3. The van der Waals surface area contributed by atoms with E-state index < -0.39 is 0 Å². The number of fused-ring (bicyclic) bond motifs is 3. The summed E-state index contributed by atoms with van der Waals surface area (Å²) in [6.07, 6.45) is 14.5. The SMILES string of the molecule is OCC(c1ccncc1)c1c2c(c3cncn13)=CC=CC2. The molecule has 4 heteroatoms. The van der Waals surface area contributed by atoms with Crippen LogP contribution in [0.4, 0.5) is 0 Å². The Kier molecular flexibility index (Phi) is 2.82. The zero-order valence-electron chi connectivity index (χ0n) is 11.5. The maximum absolute atomic E-state index is 9.97. The summed E-state index contributed by atoms with van der Waals surface area (Å²) >= 11 is 0. The Balaban J connectivity index is 2.00. The van der Waals surface area contributed by atoms with Gasteiger partial charge in [-0.15, -0.1) is 0 Å². The summed E-state index contributed by atoms with van der Waals surface area (Å²) in [5.74, 6) is -0.0617. The molecular formula is C17H15N3O. The molecular weight excluding hydrogens is 262 g/mol. The van der Waals surface area contributed by atoms with Crippen LogP contribution in [-0.2, 0) is 6.42 Å². The van der Waals surface area contributed by atoms with Crippen LogP contribution in [0.2, 0.25) is 0 Å². The molecule has 3 aromatic heterocycles. The number of aliphatic hydroxyl groups excluding tert-OH is 1. The molecule has 1 aliphatic carbocycles. The van der Waals surface area contributed by atoms with Crippen molar-refractivity contribution in [3.63, 3.8) is 0 Å². The number of aliphatic hydroxyl groups is 1. The topological polar surface area (TPSA) is 50.4 Å². The normalized spacial score (nSPS) is 14.9. The molecule has 0 spiro atoms. The number of pyridine rings is 1. The third kappa shape index (κ3) is 1.80. The van der Waals surface area contributed by atoms with Gasteiger partial charge in [0.25, 0.3) is 0 Å². The van der Waals surface area contributed by atoms with Crippen LogP contribution in [0.1, 0.15) is 22.7 Å². The molecule has 3 heterocycles. The maximum atomic E-state index is 9.97. The average Bonchev–Trinajstić information content (AvgIpc) is 3.12. The highest BCUT2D eigenvalue weighted by atomic mass is 16.3. The molecule has 0 aromatic carbocycles. The minimum atomic E-state index is -0.0617. The van der Waals surface area contributed by atoms with Crippen molar-refractivity contribution in [2.75, 3.05) is 6.61 Å². The van der Waals surface area contributed by atoms with Crippen molar-refractivity contribution in [1.29, 1.82) is 0 Å². The Hall–Kier alpha value is -2.46. The first-order valence-corrected chi connectivity index (χ1v) is 7.04. The zero-order chi connectivity index (χ0) is 14.2. The van der Waals surface area contributed by atoms with Gasteiger partial charge >= 0.3 is 0 Å². The summed E-state index contributed by atoms with van der Waals surface area (Å²) in [5.41, 5.74) is 4.60. The van der Waals surface area contributed by atoms with Gasteiger partial charge in [-0.3, -0.25) is 4.98 Å². The van der Waals surface area contributed by atoms with Crippen LogP contribution < -0.4 is 5.22 Å². The smallest absolute Gasteiger partial charge is 0.0994 e. The molecule has 0 saturated carbocycles. The van der Waals surface area contributed by atoms with Gasteiger partial charge in [0.05, 0.1) is 24.6 Å². The van der Waals surface area contributed by atoms with Gasteiger partial charge < -0.3 is 9.51 Å². The Morgan fingerprint density at radius 1 is 1.24 bits per heavy atom. The van der Waals surface area contributed by atoms with Gasteiger partial charge in [0.15, 0.2) is 0 Å². The third-order valence-electron chi connectivity index (χ3n) is 4.15. The predicted molar refractivity (Wildman–Crippen MR) is 80.9 cm³/mol. The molecule has 0 amide bonds. The standard InChI is InChI=1S/C17H15N3O/c21-10-15(12-5-7-18-8-6-12)17-14-4-2-1-3-13(14)16-9-19-11-20(16)17/h1-3,5-9,11,15,21H,4,10H2. The van der Waals surface area contributed by atoms with E-state index in [0.717, 1.165) is 23.2 Å². The van der Waals surface area contributed by atoms with Crippen molar-refractivity contribution in [3.05, 3.63) is 71.2 Å². The molecule has 4 rings (SSSR count). The molecule has 0 aliphatic heterocycles. The van der Waals surface area contributed by atoms with Crippen molar-refractivity contribution in [2.24, 2.45) is 0 Å². The highest BCUT2D eigenvalue weighted by molar-refractivity contribution is 5.63. The summed E-state index contributed by atoms with van der Waals surface area (Å²) in [5, 5.41) is 11.2. The molecule has 0 radical (unpaired) electrons. The molecule has 3 aromatic rings. The molecule has 1 N–H and O–H groups in total. The van der Waals surface area contributed by atoms with E-state index in [0.29, 0.717) is 0 Å². The monoisotopic (exact) mass is 277 g/mol. The first-order valence-electron chi connectivity index (χ1n) is 7.04. The minimum absolute atomic E-state index is 0.0617. The summed E-state index contributed by atoms with van der Waals surface area (Å²) < 4.78 is 2.11.